The van der Waals surface area contributed by atoms with Gasteiger partial charge in [0.25, 0.3) is 0 Å². The summed E-state index contributed by atoms with van der Waals surface area (Å²) in [5.74, 6) is 0.899. The Hall–Kier alpha value is -1.06. The number of methoxy groups -OCH3 is 1. The van der Waals surface area contributed by atoms with Crippen LogP contribution < -0.4 is 10.1 Å². The van der Waals surface area contributed by atoms with Gasteiger partial charge in [0.2, 0.25) is 0 Å². The monoisotopic (exact) mass is 277 g/mol. The first-order chi connectivity index (χ1) is 9.81. The molecule has 0 atom stereocenters. The lowest BCUT2D eigenvalue weighted by Gasteiger charge is -2.29. The summed E-state index contributed by atoms with van der Waals surface area (Å²) in [7, 11) is 1.69. The Kier molecular flexibility index (Phi) is 6.34. The first-order valence-corrected chi connectivity index (χ1v) is 7.79. The average molecular weight is 277 g/mol. The van der Waals surface area contributed by atoms with Crippen LogP contribution in [-0.2, 0) is 11.3 Å². The molecule has 0 aromatic heterocycles. The molecule has 0 bridgehead atoms. The average Bonchev–Trinajstić information content (AvgIpc) is 2.52. The van der Waals surface area contributed by atoms with Gasteiger partial charge in [0, 0.05) is 6.04 Å². The third-order valence-corrected chi connectivity index (χ3v) is 4.00. The Morgan fingerprint density at radius 2 is 1.80 bits per heavy atom. The van der Waals surface area contributed by atoms with Gasteiger partial charge < -0.3 is 14.8 Å². The summed E-state index contributed by atoms with van der Waals surface area (Å²) >= 11 is 0. The van der Waals surface area contributed by atoms with E-state index in [1.54, 1.807) is 7.11 Å². The second kappa shape index (κ2) is 8.28. The topological polar surface area (TPSA) is 30.5 Å². The minimum Gasteiger partial charge on any atom is -0.497 e. The molecule has 0 radical (unpaired) electrons. The summed E-state index contributed by atoms with van der Waals surface area (Å²) in [6, 6.07) is 8.84. The van der Waals surface area contributed by atoms with E-state index < -0.39 is 0 Å². The molecule has 0 amide bonds. The fourth-order valence-electron chi connectivity index (χ4n) is 2.72. The van der Waals surface area contributed by atoms with E-state index in [1.165, 1.54) is 37.7 Å². The van der Waals surface area contributed by atoms with Crippen LogP contribution in [-0.4, -0.2) is 25.8 Å². The molecule has 2 rings (SSSR count). The maximum atomic E-state index is 6.03. The molecule has 112 valence electrons. The normalized spacial score (nSPS) is 22.7. The summed E-state index contributed by atoms with van der Waals surface area (Å²) in [6.07, 6.45) is 6.49. The molecule has 3 heteroatoms. The fourth-order valence-corrected chi connectivity index (χ4v) is 2.72. The Balaban J connectivity index is 1.67. The molecule has 1 aliphatic carbocycles. The van der Waals surface area contributed by atoms with Gasteiger partial charge in [0.15, 0.2) is 0 Å². The van der Waals surface area contributed by atoms with E-state index in [2.05, 4.69) is 24.4 Å². The lowest BCUT2D eigenvalue weighted by molar-refractivity contribution is 0.0113. The van der Waals surface area contributed by atoms with E-state index in [0.29, 0.717) is 18.8 Å². The van der Waals surface area contributed by atoms with Crippen LogP contribution in [0.2, 0.25) is 0 Å². The smallest absolute Gasteiger partial charge is 0.118 e. The quantitative estimate of drug-likeness (QED) is 0.827. The molecule has 0 aliphatic heterocycles. The summed E-state index contributed by atoms with van der Waals surface area (Å²) < 4.78 is 11.2. The minimum absolute atomic E-state index is 0.428. The van der Waals surface area contributed by atoms with Crippen molar-refractivity contribution in [2.45, 2.75) is 57.8 Å². The maximum Gasteiger partial charge on any atom is 0.118 e. The second-order valence-electron chi connectivity index (χ2n) is 5.59. The van der Waals surface area contributed by atoms with Crippen LogP contribution in [0.15, 0.2) is 24.3 Å². The van der Waals surface area contributed by atoms with Gasteiger partial charge in [-0.15, -0.1) is 0 Å². The Morgan fingerprint density at radius 1 is 1.10 bits per heavy atom. The highest BCUT2D eigenvalue weighted by Gasteiger charge is 2.20. The van der Waals surface area contributed by atoms with Gasteiger partial charge in [-0.25, -0.2) is 0 Å². The zero-order chi connectivity index (χ0) is 14.2. The Bertz CT molecular complexity index is 369. The highest BCUT2D eigenvalue weighted by molar-refractivity contribution is 5.26. The zero-order valence-electron chi connectivity index (χ0n) is 12.7. The van der Waals surface area contributed by atoms with Gasteiger partial charge in [0.05, 0.1) is 19.8 Å². The summed E-state index contributed by atoms with van der Waals surface area (Å²) in [5.41, 5.74) is 1.22. The summed E-state index contributed by atoms with van der Waals surface area (Å²) in [4.78, 5) is 0. The number of benzene rings is 1. The maximum absolute atomic E-state index is 6.03. The summed E-state index contributed by atoms with van der Waals surface area (Å²) in [6.45, 7) is 4.07. The van der Waals surface area contributed by atoms with E-state index in [1.807, 2.05) is 12.1 Å². The SMILES string of the molecule is CCCNC1CCC(OCc2ccc(OC)cc2)CC1. The molecule has 0 heterocycles. The molecule has 1 aromatic carbocycles. The largest absolute Gasteiger partial charge is 0.497 e. The highest BCUT2D eigenvalue weighted by atomic mass is 16.5. The van der Waals surface area contributed by atoms with Gasteiger partial charge in [-0.2, -0.15) is 0 Å². The predicted octanol–water partition coefficient (Wildman–Crippen LogP) is 3.52. The van der Waals surface area contributed by atoms with E-state index >= 15 is 0 Å². The molecule has 0 spiro atoms. The van der Waals surface area contributed by atoms with Crippen molar-refractivity contribution in [3.8, 4) is 5.75 Å². The van der Waals surface area contributed by atoms with E-state index in [4.69, 9.17) is 9.47 Å². The van der Waals surface area contributed by atoms with Crippen molar-refractivity contribution in [1.29, 1.82) is 0 Å². The van der Waals surface area contributed by atoms with Crippen LogP contribution in [0.4, 0.5) is 0 Å². The van der Waals surface area contributed by atoms with Gasteiger partial charge in [-0.1, -0.05) is 19.1 Å². The van der Waals surface area contributed by atoms with Gasteiger partial charge in [-0.3, -0.25) is 0 Å². The molecule has 20 heavy (non-hydrogen) atoms. The molecule has 1 aromatic rings. The molecular weight excluding hydrogens is 250 g/mol. The molecule has 1 N–H and O–H groups in total. The van der Waals surface area contributed by atoms with Crippen LogP contribution in [0.25, 0.3) is 0 Å². The zero-order valence-corrected chi connectivity index (χ0v) is 12.7. The third-order valence-electron chi connectivity index (χ3n) is 4.00. The lowest BCUT2D eigenvalue weighted by atomic mass is 9.93. The first kappa shape index (κ1) is 15.3. The van der Waals surface area contributed by atoms with Gasteiger partial charge in [0.1, 0.15) is 5.75 Å². The standard InChI is InChI=1S/C17H27NO2/c1-3-12-18-15-6-10-17(11-7-15)20-13-14-4-8-16(19-2)9-5-14/h4-5,8-9,15,17-18H,3,6-7,10-13H2,1-2H3. The van der Waals surface area contributed by atoms with Crippen LogP contribution in [0.3, 0.4) is 0 Å². The van der Waals surface area contributed by atoms with Crippen LogP contribution in [0, 0.1) is 0 Å². The molecule has 1 fully saturated rings. The summed E-state index contributed by atoms with van der Waals surface area (Å²) in [5, 5.41) is 3.61. The first-order valence-electron chi connectivity index (χ1n) is 7.79. The van der Waals surface area contributed by atoms with Crippen molar-refractivity contribution in [3.05, 3.63) is 29.8 Å². The number of ether oxygens (including phenoxy) is 2. The van der Waals surface area contributed by atoms with E-state index in [0.717, 1.165) is 12.3 Å². The van der Waals surface area contributed by atoms with Crippen molar-refractivity contribution in [3.63, 3.8) is 0 Å². The number of nitrogens with one attached hydrogen (secondary N) is 1. The molecule has 3 nitrogen and oxygen atoms in total. The van der Waals surface area contributed by atoms with Crippen LogP contribution in [0.5, 0.6) is 5.75 Å². The molecule has 0 saturated heterocycles. The van der Waals surface area contributed by atoms with Crippen molar-refractivity contribution >= 4 is 0 Å². The fraction of sp³-hybridized carbons (Fsp3) is 0.647. The Labute approximate surface area is 122 Å². The number of rotatable bonds is 7. The Morgan fingerprint density at radius 3 is 2.40 bits per heavy atom. The second-order valence-corrected chi connectivity index (χ2v) is 5.59. The van der Waals surface area contributed by atoms with Crippen molar-refractivity contribution in [2.24, 2.45) is 0 Å². The van der Waals surface area contributed by atoms with Crippen molar-refractivity contribution in [2.75, 3.05) is 13.7 Å². The third kappa shape index (κ3) is 4.80. The van der Waals surface area contributed by atoms with Gasteiger partial charge >= 0.3 is 0 Å². The number of hydrogen-bond acceptors (Lipinski definition) is 3. The number of hydrogen-bond donors (Lipinski definition) is 1. The van der Waals surface area contributed by atoms with Crippen molar-refractivity contribution in [1.82, 2.24) is 5.32 Å². The van der Waals surface area contributed by atoms with Crippen LogP contribution in [0.1, 0.15) is 44.6 Å². The highest BCUT2D eigenvalue weighted by Crippen LogP contribution is 2.22. The minimum atomic E-state index is 0.428. The molecule has 1 saturated carbocycles. The molecule has 1 aliphatic rings. The molecular formula is C17H27NO2. The molecule has 0 unspecified atom stereocenters. The predicted molar refractivity (Wildman–Crippen MR) is 82.1 cm³/mol. The van der Waals surface area contributed by atoms with Gasteiger partial charge in [-0.05, 0) is 56.3 Å². The van der Waals surface area contributed by atoms with E-state index in [-0.39, 0.29) is 0 Å². The lowest BCUT2D eigenvalue weighted by Crippen LogP contribution is -2.35. The van der Waals surface area contributed by atoms with Crippen molar-refractivity contribution < 1.29 is 9.47 Å². The van der Waals surface area contributed by atoms with Crippen LogP contribution >= 0.6 is 0 Å². The van der Waals surface area contributed by atoms with E-state index in [9.17, 15) is 0 Å².